The number of amides is 1. The molecule has 7 heteroatoms. The fourth-order valence-corrected chi connectivity index (χ4v) is 3.89. The molecular formula is C16H23N3O3S. The number of rotatable bonds is 5. The first kappa shape index (κ1) is 17.7. The van der Waals surface area contributed by atoms with Crippen molar-refractivity contribution in [2.45, 2.75) is 11.8 Å². The van der Waals surface area contributed by atoms with Gasteiger partial charge in [-0.2, -0.15) is 4.31 Å². The standard InChI is InChI=1S/C16H23N3O3S/c1-4-7-17-16(20)15-12-14(6-5-13(15)2)23(21,22)19-10-8-18(3)9-11-19/h4-6,12H,1,7-11H2,2-3H3,(H,17,20). The number of nitrogens with zero attached hydrogens (tertiary/aromatic N) is 2. The summed E-state index contributed by atoms with van der Waals surface area (Å²) in [6.45, 7) is 8.02. The number of benzene rings is 1. The van der Waals surface area contributed by atoms with Crippen molar-refractivity contribution in [1.29, 1.82) is 0 Å². The largest absolute Gasteiger partial charge is 0.349 e. The van der Waals surface area contributed by atoms with Crippen LogP contribution in [0.3, 0.4) is 0 Å². The zero-order valence-corrected chi connectivity index (χ0v) is 14.4. The highest BCUT2D eigenvalue weighted by atomic mass is 32.2. The van der Waals surface area contributed by atoms with Gasteiger partial charge in [0.05, 0.1) is 4.90 Å². The molecular weight excluding hydrogens is 314 g/mol. The SMILES string of the molecule is C=CCNC(=O)c1cc(S(=O)(=O)N2CCN(C)CC2)ccc1C. The van der Waals surface area contributed by atoms with Crippen LogP contribution in [-0.4, -0.2) is 63.3 Å². The fourth-order valence-electron chi connectivity index (χ4n) is 2.44. The molecule has 0 saturated carbocycles. The van der Waals surface area contributed by atoms with Crippen LogP contribution in [0.15, 0.2) is 35.7 Å². The number of aryl methyl sites for hydroxylation is 1. The Bertz CT molecular complexity index is 693. The number of piperazine rings is 1. The van der Waals surface area contributed by atoms with Crippen LogP contribution in [0.4, 0.5) is 0 Å². The molecule has 1 aromatic rings. The van der Waals surface area contributed by atoms with E-state index in [1.807, 2.05) is 7.05 Å². The maximum atomic E-state index is 12.8. The van der Waals surface area contributed by atoms with Gasteiger partial charge in [0.2, 0.25) is 10.0 Å². The first-order valence-electron chi connectivity index (χ1n) is 7.54. The Kier molecular flexibility index (Phi) is 5.56. The Labute approximate surface area is 137 Å². The summed E-state index contributed by atoms with van der Waals surface area (Å²) < 4.78 is 27.0. The summed E-state index contributed by atoms with van der Waals surface area (Å²) in [7, 11) is -1.60. The van der Waals surface area contributed by atoms with E-state index in [4.69, 9.17) is 0 Å². The molecule has 0 spiro atoms. The van der Waals surface area contributed by atoms with Crippen LogP contribution in [0.1, 0.15) is 15.9 Å². The zero-order valence-electron chi connectivity index (χ0n) is 13.6. The molecule has 1 amide bonds. The summed E-state index contributed by atoms with van der Waals surface area (Å²) in [4.78, 5) is 14.4. The fraction of sp³-hybridized carbons (Fsp3) is 0.438. The van der Waals surface area contributed by atoms with E-state index < -0.39 is 10.0 Å². The van der Waals surface area contributed by atoms with Gasteiger partial charge in [-0.1, -0.05) is 12.1 Å². The molecule has 1 fully saturated rings. The molecule has 126 valence electrons. The van der Waals surface area contributed by atoms with Crippen molar-refractivity contribution in [2.75, 3.05) is 39.8 Å². The van der Waals surface area contributed by atoms with Gasteiger partial charge in [-0.15, -0.1) is 6.58 Å². The Morgan fingerprint density at radius 1 is 1.30 bits per heavy atom. The van der Waals surface area contributed by atoms with Gasteiger partial charge in [-0.05, 0) is 31.7 Å². The van der Waals surface area contributed by atoms with Crippen LogP contribution >= 0.6 is 0 Å². The molecule has 1 aliphatic heterocycles. The molecule has 1 aliphatic rings. The average molecular weight is 337 g/mol. The molecule has 1 heterocycles. The molecule has 0 unspecified atom stereocenters. The summed E-state index contributed by atoms with van der Waals surface area (Å²) >= 11 is 0. The first-order chi connectivity index (χ1) is 10.9. The van der Waals surface area contributed by atoms with Crippen molar-refractivity contribution in [3.8, 4) is 0 Å². The van der Waals surface area contributed by atoms with Crippen molar-refractivity contribution in [2.24, 2.45) is 0 Å². The first-order valence-corrected chi connectivity index (χ1v) is 8.98. The maximum absolute atomic E-state index is 12.8. The van der Waals surface area contributed by atoms with E-state index in [9.17, 15) is 13.2 Å². The molecule has 0 radical (unpaired) electrons. The quantitative estimate of drug-likeness (QED) is 0.809. The number of sulfonamides is 1. The second kappa shape index (κ2) is 7.25. The van der Waals surface area contributed by atoms with Crippen LogP contribution in [0.5, 0.6) is 0 Å². The van der Waals surface area contributed by atoms with Gasteiger partial charge in [0, 0.05) is 38.3 Å². The minimum absolute atomic E-state index is 0.163. The van der Waals surface area contributed by atoms with Crippen molar-refractivity contribution in [3.05, 3.63) is 42.0 Å². The minimum atomic E-state index is -3.57. The molecule has 23 heavy (non-hydrogen) atoms. The van der Waals surface area contributed by atoms with Crippen LogP contribution in [0, 0.1) is 6.92 Å². The Balaban J connectivity index is 2.29. The van der Waals surface area contributed by atoms with Crippen molar-refractivity contribution in [3.63, 3.8) is 0 Å². The van der Waals surface area contributed by atoms with Gasteiger partial charge in [0.1, 0.15) is 0 Å². The smallest absolute Gasteiger partial charge is 0.251 e. The van der Waals surface area contributed by atoms with Crippen LogP contribution in [0.2, 0.25) is 0 Å². The molecule has 0 bridgehead atoms. The highest BCUT2D eigenvalue weighted by Gasteiger charge is 2.28. The molecule has 0 aliphatic carbocycles. The average Bonchev–Trinajstić information content (AvgIpc) is 2.53. The van der Waals surface area contributed by atoms with Gasteiger partial charge in [0.15, 0.2) is 0 Å². The lowest BCUT2D eigenvalue weighted by Gasteiger charge is -2.31. The van der Waals surface area contributed by atoms with E-state index in [2.05, 4.69) is 16.8 Å². The third kappa shape index (κ3) is 3.99. The van der Waals surface area contributed by atoms with Crippen LogP contribution < -0.4 is 5.32 Å². The second-order valence-corrected chi connectivity index (χ2v) is 7.62. The van der Waals surface area contributed by atoms with Crippen molar-refractivity contribution in [1.82, 2.24) is 14.5 Å². The van der Waals surface area contributed by atoms with Crippen molar-refractivity contribution >= 4 is 15.9 Å². The predicted molar refractivity (Wildman–Crippen MR) is 90.0 cm³/mol. The number of hydrogen-bond donors (Lipinski definition) is 1. The molecule has 6 nitrogen and oxygen atoms in total. The number of nitrogens with one attached hydrogen (secondary N) is 1. The highest BCUT2D eigenvalue weighted by Crippen LogP contribution is 2.20. The summed E-state index contributed by atoms with van der Waals surface area (Å²) in [5.41, 5.74) is 1.12. The lowest BCUT2D eigenvalue weighted by molar-refractivity contribution is 0.0957. The third-order valence-electron chi connectivity index (χ3n) is 3.96. The Morgan fingerprint density at radius 2 is 1.96 bits per heavy atom. The summed E-state index contributed by atoms with van der Waals surface area (Å²) in [5, 5.41) is 2.68. The second-order valence-electron chi connectivity index (χ2n) is 5.68. The molecule has 1 saturated heterocycles. The third-order valence-corrected chi connectivity index (χ3v) is 5.86. The van der Waals surface area contributed by atoms with Crippen molar-refractivity contribution < 1.29 is 13.2 Å². The van der Waals surface area contributed by atoms with Gasteiger partial charge >= 0.3 is 0 Å². The Hall–Kier alpha value is -1.70. The normalized spacial score (nSPS) is 17.0. The number of carbonyl (C=O) groups is 1. The van der Waals surface area contributed by atoms with E-state index in [-0.39, 0.29) is 10.8 Å². The predicted octanol–water partition coefficient (Wildman–Crippen LogP) is 0.847. The number of carbonyl (C=O) groups excluding carboxylic acids is 1. The lowest BCUT2D eigenvalue weighted by Crippen LogP contribution is -2.47. The molecule has 2 rings (SSSR count). The van der Waals surface area contributed by atoms with E-state index in [1.165, 1.54) is 10.4 Å². The van der Waals surface area contributed by atoms with E-state index in [0.29, 0.717) is 38.3 Å². The molecule has 0 atom stereocenters. The minimum Gasteiger partial charge on any atom is -0.349 e. The molecule has 1 N–H and O–H groups in total. The maximum Gasteiger partial charge on any atom is 0.251 e. The van der Waals surface area contributed by atoms with Crippen LogP contribution in [-0.2, 0) is 10.0 Å². The monoisotopic (exact) mass is 337 g/mol. The topological polar surface area (TPSA) is 69.7 Å². The van der Waals surface area contributed by atoms with Gasteiger partial charge in [-0.3, -0.25) is 4.79 Å². The number of hydrogen-bond acceptors (Lipinski definition) is 4. The number of likely N-dealkylation sites (N-methyl/N-ethyl adjacent to an activating group) is 1. The Morgan fingerprint density at radius 3 is 2.57 bits per heavy atom. The van der Waals surface area contributed by atoms with Gasteiger partial charge < -0.3 is 10.2 Å². The summed E-state index contributed by atoms with van der Waals surface area (Å²) in [6, 6.07) is 4.69. The molecule has 0 aromatic heterocycles. The van der Waals surface area contributed by atoms with E-state index in [0.717, 1.165) is 5.56 Å². The molecule has 1 aromatic carbocycles. The van der Waals surface area contributed by atoms with Gasteiger partial charge in [0.25, 0.3) is 5.91 Å². The summed E-state index contributed by atoms with van der Waals surface area (Å²) in [5.74, 6) is -0.294. The van der Waals surface area contributed by atoms with Gasteiger partial charge in [-0.25, -0.2) is 8.42 Å². The lowest BCUT2D eigenvalue weighted by atomic mass is 10.1. The van der Waals surface area contributed by atoms with E-state index in [1.54, 1.807) is 25.1 Å². The van der Waals surface area contributed by atoms with Crippen LogP contribution in [0.25, 0.3) is 0 Å². The summed E-state index contributed by atoms with van der Waals surface area (Å²) in [6.07, 6.45) is 1.58. The van der Waals surface area contributed by atoms with E-state index >= 15 is 0 Å². The zero-order chi connectivity index (χ0) is 17.0. The highest BCUT2D eigenvalue weighted by molar-refractivity contribution is 7.89.